The van der Waals surface area contributed by atoms with Crippen LogP contribution < -0.4 is 0 Å². The summed E-state index contributed by atoms with van der Waals surface area (Å²) in [7, 11) is 0. The van der Waals surface area contributed by atoms with Crippen molar-refractivity contribution in [2.45, 2.75) is 36.0 Å². The van der Waals surface area contributed by atoms with E-state index in [1.807, 2.05) is 30.2 Å². The van der Waals surface area contributed by atoms with Crippen LogP contribution in [-0.2, 0) is 5.41 Å². The fraction of sp³-hybridized carbons (Fsp3) is 0.333. The van der Waals surface area contributed by atoms with Crippen LogP contribution in [0, 0.1) is 0 Å². The van der Waals surface area contributed by atoms with Gasteiger partial charge in [0.15, 0.2) is 0 Å². The molecule has 1 aromatic heterocycles. The Kier molecular flexibility index (Phi) is 6.74. The average molecular weight is 386 g/mol. The van der Waals surface area contributed by atoms with E-state index >= 15 is 0 Å². The predicted molar refractivity (Wildman–Crippen MR) is 116 cm³/mol. The molecule has 3 rings (SSSR count). The highest BCUT2D eigenvalue weighted by molar-refractivity contribution is 8.22. The minimum absolute atomic E-state index is 0.126. The van der Waals surface area contributed by atoms with E-state index in [9.17, 15) is 0 Å². The molecule has 0 N–H and O–H groups in total. The summed E-state index contributed by atoms with van der Waals surface area (Å²) in [6, 6.07) is 14.8. The molecule has 1 aliphatic carbocycles. The standard InChI is InChI=1S/C21H23NS3/c1-24-20(23)21(18-9-7-14-22-16-18)13-6-5-8-17(21)12-15-25-19-10-3-2-4-11-19/h2-4,7,9-12,14,16H,5-6,8,13,15H2,1H3/b17-12+. The Labute approximate surface area is 164 Å². The van der Waals surface area contributed by atoms with Crippen LogP contribution in [0.25, 0.3) is 0 Å². The third-order valence-corrected chi connectivity index (χ3v) is 7.31. The van der Waals surface area contributed by atoms with Gasteiger partial charge in [-0.05, 0) is 49.3 Å². The van der Waals surface area contributed by atoms with Gasteiger partial charge in [0.25, 0.3) is 0 Å². The summed E-state index contributed by atoms with van der Waals surface area (Å²) >= 11 is 9.48. The zero-order valence-corrected chi connectivity index (χ0v) is 16.9. The number of hydrogen-bond acceptors (Lipinski definition) is 4. The molecule has 0 amide bonds. The molecule has 0 bridgehead atoms. The molecule has 4 heteroatoms. The number of allylic oxidation sites excluding steroid dienone is 1. The molecule has 1 atom stereocenters. The molecule has 0 spiro atoms. The molecule has 1 heterocycles. The number of nitrogens with zero attached hydrogens (tertiary/aromatic N) is 1. The maximum absolute atomic E-state index is 5.88. The van der Waals surface area contributed by atoms with Crippen molar-refractivity contribution >= 4 is 39.9 Å². The molecular formula is C21H23NS3. The summed E-state index contributed by atoms with van der Waals surface area (Å²) in [5.41, 5.74) is 2.61. The highest BCUT2D eigenvalue weighted by Gasteiger charge is 2.41. The number of benzene rings is 1. The van der Waals surface area contributed by atoms with Crippen molar-refractivity contribution < 1.29 is 0 Å². The van der Waals surface area contributed by atoms with Crippen LogP contribution >= 0.6 is 35.7 Å². The van der Waals surface area contributed by atoms with Gasteiger partial charge in [-0.15, -0.1) is 23.5 Å². The quantitative estimate of drug-likeness (QED) is 0.340. The van der Waals surface area contributed by atoms with E-state index in [4.69, 9.17) is 12.2 Å². The molecule has 0 radical (unpaired) electrons. The number of thiocarbonyl (C=S) groups is 1. The van der Waals surface area contributed by atoms with Gasteiger partial charge in [-0.1, -0.05) is 54.6 Å². The van der Waals surface area contributed by atoms with E-state index in [2.05, 4.69) is 53.7 Å². The summed E-state index contributed by atoms with van der Waals surface area (Å²) in [5, 5.41) is 0. The van der Waals surface area contributed by atoms with Gasteiger partial charge in [-0.3, -0.25) is 4.98 Å². The number of rotatable bonds is 5. The van der Waals surface area contributed by atoms with E-state index < -0.39 is 0 Å². The molecule has 2 aromatic rings. The lowest BCUT2D eigenvalue weighted by Crippen LogP contribution is -2.38. The van der Waals surface area contributed by atoms with E-state index in [1.165, 1.54) is 28.9 Å². The van der Waals surface area contributed by atoms with Crippen LogP contribution in [-0.4, -0.2) is 21.2 Å². The zero-order valence-electron chi connectivity index (χ0n) is 14.5. The molecule has 1 fully saturated rings. The molecule has 25 heavy (non-hydrogen) atoms. The Morgan fingerprint density at radius 1 is 1.20 bits per heavy atom. The fourth-order valence-electron chi connectivity index (χ4n) is 3.58. The van der Waals surface area contributed by atoms with Crippen LogP contribution in [0.3, 0.4) is 0 Å². The van der Waals surface area contributed by atoms with Gasteiger partial charge in [0, 0.05) is 23.0 Å². The lowest BCUT2D eigenvalue weighted by Gasteiger charge is -2.40. The molecule has 1 nitrogen and oxygen atoms in total. The number of thioether (sulfide) groups is 2. The van der Waals surface area contributed by atoms with Crippen LogP contribution in [0.15, 0.2) is 71.4 Å². The highest BCUT2D eigenvalue weighted by atomic mass is 32.2. The number of pyridine rings is 1. The van der Waals surface area contributed by atoms with E-state index in [-0.39, 0.29) is 5.41 Å². The van der Waals surface area contributed by atoms with Crippen molar-refractivity contribution in [1.82, 2.24) is 4.98 Å². The summed E-state index contributed by atoms with van der Waals surface area (Å²) in [5.74, 6) is 0.984. The molecule has 1 aliphatic rings. The largest absolute Gasteiger partial charge is 0.264 e. The number of aromatic nitrogens is 1. The van der Waals surface area contributed by atoms with E-state index in [0.717, 1.165) is 22.8 Å². The van der Waals surface area contributed by atoms with Gasteiger partial charge in [0.2, 0.25) is 0 Å². The van der Waals surface area contributed by atoms with Gasteiger partial charge in [-0.2, -0.15) is 0 Å². The minimum Gasteiger partial charge on any atom is -0.264 e. The maximum Gasteiger partial charge on any atom is 0.0623 e. The Morgan fingerprint density at radius 3 is 2.76 bits per heavy atom. The van der Waals surface area contributed by atoms with Crippen molar-refractivity contribution in [3.63, 3.8) is 0 Å². The number of hydrogen-bond donors (Lipinski definition) is 0. The van der Waals surface area contributed by atoms with Crippen molar-refractivity contribution in [2.24, 2.45) is 0 Å². The van der Waals surface area contributed by atoms with Crippen molar-refractivity contribution in [3.05, 3.63) is 72.1 Å². The third kappa shape index (κ3) is 4.18. The SMILES string of the molecule is CSC(=S)C1(c2cccnc2)CCCC/C1=C\CSc1ccccc1. The normalized spacial score (nSPS) is 22.0. The van der Waals surface area contributed by atoms with Crippen LogP contribution in [0.1, 0.15) is 31.2 Å². The van der Waals surface area contributed by atoms with Gasteiger partial charge >= 0.3 is 0 Å². The van der Waals surface area contributed by atoms with Crippen molar-refractivity contribution in [2.75, 3.05) is 12.0 Å². The predicted octanol–water partition coefficient (Wildman–Crippen LogP) is 6.30. The first-order chi connectivity index (χ1) is 12.3. The lowest BCUT2D eigenvalue weighted by molar-refractivity contribution is 0.484. The van der Waals surface area contributed by atoms with Crippen molar-refractivity contribution in [1.29, 1.82) is 0 Å². The molecule has 130 valence electrons. The summed E-state index contributed by atoms with van der Waals surface area (Å²) in [6.45, 7) is 0. The first-order valence-electron chi connectivity index (χ1n) is 8.63. The second-order valence-electron chi connectivity index (χ2n) is 6.20. The summed E-state index contributed by atoms with van der Waals surface area (Å²) < 4.78 is 1.08. The molecule has 0 aliphatic heterocycles. The Morgan fingerprint density at radius 2 is 2.04 bits per heavy atom. The molecule has 1 saturated carbocycles. The zero-order chi connectivity index (χ0) is 17.5. The van der Waals surface area contributed by atoms with Crippen LogP contribution in [0.5, 0.6) is 0 Å². The smallest absolute Gasteiger partial charge is 0.0623 e. The molecule has 1 aromatic carbocycles. The highest BCUT2D eigenvalue weighted by Crippen LogP contribution is 2.47. The first kappa shape index (κ1) is 18.7. The molecule has 1 unspecified atom stereocenters. The topological polar surface area (TPSA) is 12.9 Å². The second-order valence-corrected chi connectivity index (χ2v) is 8.78. The fourth-order valence-corrected chi connectivity index (χ4v) is 5.46. The second kappa shape index (κ2) is 9.02. The van der Waals surface area contributed by atoms with Gasteiger partial charge in [-0.25, -0.2) is 0 Å². The van der Waals surface area contributed by atoms with E-state index in [0.29, 0.717) is 0 Å². The lowest BCUT2D eigenvalue weighted by atomic mass is 9.67. The van der Waals surface area contributed by atoms with Gasteiger partial charge in [0.1, 0.15) is 0 Å². The third-order valence-electron chi connectivity index (χ3n) is 4.81. The van der Waals surface area contributed by atoms with Crippen LogP contribution in [0.2, 0.25) is 0 Å². The molecular weight excluding hydrogens is 362 g/mol. The Balaban J connectivity index is 1.91. The first-order valence-corrected chi connectivity index (χ1v) is 11.3. The van der Waals surface area contributed by atoms with Gasteiger partial charge in [0.05, 0.1) is 9.61 Å². The van der Waals surface area contributed by atoms with Crippen LogP contribution in [0.4, 0.5) is 0 Å². The molecule has 0 saturated heterocycles. The summed E-state index contributed by atoms with van der Waals surface area (Å²) in [6.07, 6.45) is 13.1. The minimum atomic E-state index is -0.126. The maximum atomic E-state index is 5.88. The summed E-state index contributed by atoms with van der Waals surface area (Å²) in [4.78, 5) is 5.70. The monoisotopic (exact) mass is 385 g/mol. The van der Waals surface area contributed by atoms with Gasteiger partial charge < -0.3 is 0 Å². The Bertz CT molecular complexity index is 727. The van der Waals surface area contributed by atoms with Crippen molar-refractivity contribution in [3.8, 4) is 0 Å². The Hall–Kier alpha value is -1.10. The average Bonchev–Trinajstić information content (AvgIpc) is 2.69. The van der Waals surface area contributed by atoms with E-state index in [1.54, 1.807) is 11.8 Å².